The molecular weight excluding hydrogens is 238 g/mol. The Labute approximate surface area is 107 Å². The van der Waals surface area contributed by atoms with Gasteiger partial charge in [-0.25, -0.2) is 0 Å². The van der Waals surface area contributed by atoms with E-state index in [0.717, 1.165) is 19.4 Å². The average molecular weight is 259 g/mol. The molecule has 2 aliphatic heterocycles. The third-order valence-corrected chi connectivity index (χ3v) is 3.24. The first-order chi connectivity index (χ1) is 8.76. The molecule has 2 saturated heterocycles. The van der Waals surface area contributed by atoms with Crippen molar-refractivity contribution in [3.63, 3.8) is 0 Å². The highest BCUT2D eigenvalue weighted by atomic mass is 16.7. The van der Waals surface area contributed by atoms with Crippen molar-refractivity contribution in [2.45, 2.75) is 18.6 Å². The first-order valence-corrected chi connectivity index (χ1v) is 6.38. The lowest BCUT2D eigenvalue weighted by Gasteiger charge is -2.38. The molecule has 0 N–H and O–H groups in total. The monoisotopic (exact) mass is 259 g/mol. The summed E-state index contributed by atoms with van der Waals surface area (Å²) in [6.07, 6.45) is 1.77. The SMILES string of the molecule is COCCOCC(=O)N1CCCC2(C1)OCCO2. The van der Waals surface area contributed by atoms with Crippen molar-refractivity contribution >= 4 is 5.91 Å². The van der Waals surface area contributed by atoms with Gasteiger partial charge in [0.25, 0.3) is 0 Å². The zero-order valence-corrected chi connectivity index (χ0v) is 10.9. The molecule has 0 aromatic heterocycles. The zero-order valence-electron chi connectivity index (χ0n) is 10.9. The Kier molecular flexibility index (Phi) is 4.94. The fourth-order valence-electron chi connectivity index (χ4n) is 2.33. The van der Waals surface area contributed by atoms with Gasteiger partial charge in [-0.05, 0) is 6.42 Å². The molecule has 0 atom stereocenters. The summed E-state index contributed by atoms with van der Waals surface area (Å²) in [6, 6.07) is 0. The summed E-state index contributed by atoms with van der Waals surface area (Å²) in [4.78, 5) is 13.7. The number of amides is 1. The Hall–Kier alpha value is -0.690. The quantitative estimate of drug-likeness (QED) is 0.651. The number of nitrogens with zero attached hydrogens (tertiary/aromatic N) is 1. The first-order valence-electron chi connectivity index (χ1n) is 6.38. The highest BCUT2D eigenvalue weighted by Gasteiger charge is 2.41. The summed E-state index contributed by atoms with van der Waals surface area (Å²) in [5.74, 6) is -0.565. The van der Waals surface area contributed by atoms with Gasteiger partial charge in [0, 0.05) is 20.1 Å². The van der Waals surface area contributed by atoms with Gasteiger partial charge >= 0.3 is 0 Å². The van der Waals surface area contributed by atoms with Gasteiger partial charge in [0.15, 0.2) is 5.79 Å². The summed E-state index contributed by atoms with van der Waals surface area (Å²) >= 11 is 0. The van der Waals surface area contributed by atoms with E-state index in [0.29, 0.717) is 33.0 Å². The fraction of sp³-hybridized carbons (Fsp3) is 0.917. The predicted molar refractivity (Wildman–Crippen MR) is 63.1 cm³/mol. The molecule has 6 nitrogen and oxygen atoms in total. The molecule has 0 radical (unpaired) electrons. The Morgan fingerprint density at radius 3 is 2.83 bits per heavy atom. The van der Waals surface area contributed by atoms with E-state index in [2.05, 4.69) is 0 Å². The number of carbonyl (C=O) groups excluding carboxylic acids is 1. The average Bonchev–Trinajstić information content (AvgIpc) is 2.82. The summed E-state index contributed by atoms with van der Waals surface area (Å²) in [6.45, 7) is 3.54. The number of hydrogen-bond acceptors (Lipinski definition) is 5. The van der Waals surface area contributed by atoms with Gasteiger partial charge in [0.05, 0.1) is 33.0 Å². The Morgan fingerprint density at radius 2 is 2.11 bits per heavy atom. The number of rotatable bonds is 5. The van der Waals surface area contributed by atoms with Gasteiger partial charge in [0.2, 0.25) is 5.91 Å². The minimum Gasteiger partial charge on any atom is -0.382 e. The van der Waals surface area contributed by atoms with Crippen LogP contribution >= 0.6 is 0 Å². The third-order valence-electron chi connectivity index (χ3n) is 3.24. The maximum Gasteiger partial charge on any atom is 0.248 e. The Morgan fingerprint density at radius 1 is 1.33 bits per heavy atom. The summed E-state index contributed by atoms with van der Waals surface area (Å²) in [7, 11) is 1.61. The molecule has 2 aliphatic rings. The first kappa shape index (κ1) is 13.7. The van der Waals surface area contributed by atoms with Crippen LogP contribution in [0.4, 0.5) is 0 Å². The van der Waals surface area contributed by atoms with Crippen LogP contribution in [0.3, 0.4) is 0 Å². The normalized spacial score (nSPS) is 22.6. The van der Waals surface area contributed by atoms with E-state index in [-0.39, 0.29) is 12.5 Å². The van der Waals surface area contributed by atoms with E-state index in [9.17, 15) is 4.79 Å². The molecule has 18 heavy (non-hydrogen) atoms. The van der Waals surface area contributed by atoms with Gasteiger partial charge in [-0.15, -0.1) is 0 Å². The van der Waals surface area contributed by atoms with E-state index >= 15 is 0 Å². The topological polar surface area (TPSA) is 57.2 Å². The van der Waals surface area contributed by atoms with Crippen LogP contribution < -0.4 is 0 Å². The standard InChI is InChI=1S/C12H21NO5/c1-15-5-6-16-9-11(14)13-4-2-3-12(10-13)17-7-8-18-12/h2-10H2,1H3. The number of ether oxygens (including phenoxy) is 4. The second-order valence-electron chi connectivity index (χ2n) is 4.57. The highest BCUT2D eigenvalue weighted by Crippen LogP contribution is 2.29. The largest absolute Gasteiger partial charge is 0.382 e. The van der Waals surface area contributed by atoms with E-state index in [1.165, 1.54) is 0 Å². The third kappa shape index (κ3) is 3.41. The maximum absolute atomic E-state index is 12.0. The van der Waals surface area contributed by atoms with Crippen LogP contribution in [0.25, 0.3) is 0 Å². The second kappa shape index (κ2) is 6.47. The molecule has 2 rings (SSSR count). The smallest absolute Gasteiger partial charge is 0.248 e. The predicted octanol–water partition coefficient (Wildman–Crippen LogP) is 0.0149. The molecule has 2 fully saturated rings. The number of methoxy groups -OCH3 is 1. The molecule has 1 amide bonds. The van der Waals surface area contributed by atoms with E-state index < -0.39 is 5.79 Å². The summed E-state index contributed by atoms with van der Waals surface area (Å²) in [5, 5.41) is 0. The molecule has 0 unspecified atom stereocenters. The van der Waals surface area contributed by atoms with Gasteiger partial charge in [0.1, 0.15) is 6.61 Å². The summed E-state index contributed by atoms with van der Waals surface area (Å²) in [5.41, 5.74) is 0. The van der Waals surface area contributed by atoms with Gasteiger partial charge in [-0.1, -0.05) is 0 Å². The number of piperidine rings is 1. The Bertz CT molecular complexity index is 278. The summed E-state index contributed by atoms with van der Waals surface area (Å²) < 4.78 is 21.4. The van der Waals surface area contributed by atoms with Crippen LogP contribution in [-0.4, -0.2) is 69.8 Å². The molecule has 6 heteroatoms. The lowest BCUT2D eigenvalue weighted by Crippen LogP contribution is -2.51. The zero-order chi connectivity index (χ0) is 12.8. The van der Waals surface area contributed by atoms with E-state index in [1.807, 2.05) is 0 Å². The lowest BCUT2D eigenvalue weighted by molar-refractivity contribution is -0.194. The van der Waals surface area contributed by atoms with Gasteiger partial charge in [-0.3, -0.25) is 4.79 Å². The molecule has 2 heterocycles. The molecule has 1 spiro atoms. The minimum absolute atomic E-state index is 0.00993. The van der Waals surface area contributed by atoms with Crippen LogP contribution in [0, 0.1) is 0 Å². The molecular formula is C12H21NO5. The maximum atomic E-state index is 12.0. The molecule has 0 aromatic carbocycles. The van der Waals surface area contributed by atoms with Crippen LogP contribution in [0.2, 0.25) is 0 Å². The van der Waals surface area contributed by atoms with E-state index in [1.54, 1.807) is 12.0 Å². The van der Waals surface area contributed by atoms with Crippen LogP contribution in [0.5, 0.6) is 0 Å². The lowest BCUT2D eigenvalue weighted by atomic mass is 10.0. The molecule has 0 aliphatic carbocycles. The molecule has 0 saturated carbocycles. The molecule has 104 valence electrons. The molecule has 0 bridgehead atoms. The van der Waals surface area contributed by atoms with Crippen molar-refractivity contribution in [3.05, 3.63) is 0 Å². The van der Waals surface area contributed by atoms with Crippen LogP contribution in [0.1, 0.15) is 12.8 Å². The van der Waals surface area contributed by atoms with Crippen molar-refractivity contribution in [3.8, 4) is 0 Å². The van der Waals surface area contributed by atoms with Crippen molar-refractivity contribution < 1.29 is 23.7 Å². The Balaban J connectivity index is 1.75. The van der Waals surface area contributed by atoms with Crippen molar-refractivity contribution in [2.24, 2.45) is 0 Å². The molecule has 0 aromatic rings. The number of hydrogen-bond donors (Lipinski definition) is 0. The van der Waals surface area contributed by atoms with Gasteiger partial charge in [-0.2, -0.15) is 0 Å². The number of likely N-dealkylation sites (tertiary alicyclic amines) is 1. The minimum atomic E-state index is -0.555. The second-order valence-corrected chi connectivity index (χ2v) is 4.57. The van der Waals surface area contributed by atoms with Crippen molar-refractivity contribution in [2.75, 3.05) is 53.2 Å². The highest BCUT2D eigenvalue weighted by molar-refractivity contribution is 5.77. The van der Waals surface area contributed by atoms with Crippen molar-refractivity contribution in [1.82, 2.24) is 4.90 Å². The fourth-order valence-corrected chi connectivity index (χ4v) is 2.33. The van der Waals surface area contributed by atoms with E-state index in [4.69, 9.17) is 18.9 Å². The van der Waals surface area contributed by atoms with Crippen LogP contribution in [0.15, 0.2) is 0 Å². The number of carbonyl (C=O) groups is 1. The van der Waals surface area contributed by atoms with Gasteiger partial charge < -0.3 is 23.8 Å². The van der Waals surface area contributed by atoms with Crippen LogP contribution in [-0.2, 0) is 23.7 Å². The van der Waals surface area contributed by atoms with Crippen molar-refractivity contribution in [1.29, 1.82) is 0 Å².